The zero-order valence-electron chi connectivity index (χ0n) is 19.9. The molecule has 6 aliphatic rings. The standard InChI is InChI=1S/C27H41F2NO2/c1-25-15-13-23(32-24-5-3-4-16-31-24)27(28,29)21(25)10-8-18-19-9-11-22(30-17-6-7-17)26(19,2)14-12-20(18)25/h10,17-20,22-24,30H,3-9,11-16H2,1-2H3/t18-,19-,20-,22-,23-,24?,25+,26-/m0/s1. The van der Waals surface area contributed by atoms with E-state index in [1.54, 1.807) is 0 Å². The van der Waals surface area contributed by atoms with Crippen molar-refractivity contribution >= 4 is 0 Å². The zero-order valence-corrected chi connectivity index (χ0v) is 19.9. The van der Waals surface area contributed by atoms with Gasteiger partial charge in [0.25, 0.3) is 5.92 Å². The summed E-state index contributed by atoms with van der Waals surface area (Å²) in [4.78, 5) is 0. The van der Waals surface area contributed by atoms with E-state index in [4.69, 9.17) is 9.47 Å². The first-order valence-corrected chi connectivity index (χ1v) is 13.4. The van der Waals surface area contributed by atoms with Crippen LogP contribution in [0.3, 0.4) is 0 Å². The van der Waals surface area contributed by atoms with Gasteiger partial charge in [0.05, 0.1) is 0 Å². The highest BCUT2D eigenvalue weighted by Gasteiger charge is 2.64. The molecule has 8 atom stereocenters. The Morgan fingerprint density at radius 1 is 0.969 bits per heavy atom. The summed E-state index contributed by atoms with van der Waals surface area (Å²) in [7, 11) is 0. The molecule has 0 aromatic rings. The van der Waals surface area contributed by atoms with Crippen LogP contribution < -0.4 is 5.32 Å². The summed E-state index contributed by atoms with van der Waals surface area (Å²) >= 11 is 0. The van der Waals surface area contributed by atoms with Crippen molar-refractivity contribution < 1.29 is 18.3 Å². The summed E-state index contributed by atoms with van der Waals surface area (Å²) in [5, 5.41) is 3.95. The Kier molecular flexibility index (Phi) is 5.32. The van der Waals surface area contributed by atoms with E-state index in [1.807, 2.05) is 6.08 Å². The van der Waals surface area contributed by atoms with E-state index >= 15 is 8.78 Å². The number of alkyl halides is 2. The summed E-state index contributed by atoms with van der Waals surface area (Å²) < 4.78 is 43.3. The molecule has 4 saturated carbocycles. The minimum absolute atomic E-state index is 0.340. The molecule has 0 radical (unpaired) electrons. The average molecular weight is 450 g/mol. The van der Waals surface area contributed by atoms with Gasteiger partial charge in [-0.15, -0.1) is 0 Å². The number of rotatable bonds is 4. The highest BCUT2D eigenvalue weighted by Crippen LogP contribution is 2.66. The van der Waals surface area contributed by atoms with E-state index in [1.165, 1.54) is 32.1 Å². The van der Waals surface area contributed by atoms with E-state index in [0.717, 1.165) is 44.6 Å². The van der Waals surface area contributed by atoms with Crippen LogP contribution in [-0.4, -0.2) is 37.0 Å². The molecule has 0 bridgehead atoms. The molecule has 3 nitrogen and oxygen atoms in total. The summed E-state index contributed by atoms with van der Waals surface area (Å²) in [6.45, 7) is 5.30. The summed E-state index contributed by atoms with van der Waals surface area (Å²) in [6.07, 6.45) is 12.8. The lowest BCUT2D eigenvalue weighted by Crippen LogP contribution is -2.57. The Bertz CT molecular complexity index is 761. The van der Waals surface area contributed by atoms with E-state index in [0.29, 0.717) is 47.8 Å². The van der Waals surface area contributed by atoms with Crippen molar-refractivity contribution in [3.05, 3.63) is 11.6 Å². The summed E-state index contributed by atoms with van der Waals surface area (Å²) in [5.41, 5.74) is 0.350. The van der Waals surface area contributed by atoms with Crippen LogP contribution in [0, 0.1) is 28.6 Å². The Morgan fingerprint density at radius 2 is 1.81 bits per heavy atom. The van der Waals surface area contributed by atoms with Crippen molar-refractivity contribution in [1.82, 2.24) is 5.32 Å². The van der Waals surface area contributed by atoms with E-state index in [-0.39, 0.29) is 5.41 Å². The summed E-state index contributed by atoms with van der Waals surface area (Å²) in [6, 6.07) is 1.37. The van der Waals surface area contributed by atoms with Crippen LogP contribution >= 0.6 is 0 Å². The molecule has 1 saturated heterocycles. The van der Waals surface area contributed by atoms with Crippen molar-refractivity contribution in [2.45, 2.75) is 121 Å². The Hall–Kier alpha value is -0.520. The lowest BCUT2D eigenvalue weighted by atomic mass is 9.47. The van der Waals surface area contributed by atoms with Gasteiger partial charge in [0.1, 0.15) is 6.10 Å². The maximum Gasteiger partial charge on any atom is 0.295 e. The van der Waals surface area contributed by atoms with E-state index in [2.05, 4.69) is 19.2 Å². The monoisotopic (exact) mass is 449 g/mol. The van der Waals surface area contributed by atoms with Crippen LogP contribution in [0.4, 0.5) is 8.78 Å². The molecular weight excluding hydrogens is 408 g/mol. The number of allylic oxidation sites excluding steroid dienone is 1. The normalized spacial score (nSPS) is 50.2. The molecule has 0 spiro atoms. The maximum absolute atomic E-state index is 15.9. The fraction of sp³-hybridized carbons (Fsp3) is 0.926. The first-order chi connectivity index (χ1) is 15.3. The number of hydrogen-bond acceptors (Lipinski definition) is 3. The molecule has 6 rings (SSSR count). The van der Waals surface area contributed by atoms with Crippen LogP contribution in [0.2, 0.25) is 0 Å². The van der Waals surface area contributed by atoms with Gasteiger partial charge in [0.15, 0.2) is 6.29 Å². The molecule has 1 N–H and O–H groups in total. The lowest BCUT2D eigenvalue weighted by Gasteiger charge is -2.59. The van der Waals surface area contributed by atoms with Gasteiger partial charge in [-0.25, -0.2) is 0 Å². The van der Waals surface area contributed by atoms with Crippen LogP contribution in [0.5, 0.6) is 0 Å². The SMILES string of the molecule is C[C@]12CC[C@H]3[C@@H](CC=C4C(F)(F)[C@@H](OC5CCCCO5)CC[C@@]43C)[C@@H]1CC[C@@H]2NC1CC1. The second kappa shape index (κ2) is 7.75. The molecular formula is C27H41F2NO2. The van der Waals surface area contributed by atoms with E-state index < -0.39 is 18.3 Å². The van der Waals surface area contributed by atoms with Crippen LogP contribution in [-0.2, 0) is 9.47 Å². The van der Waals surface area contributed by atoms with Crippen LogP contribution in [0.25, 0.3) is 0 Å². The van der Waals surface area contributed by atoms with Gasteiger partial charge in [0.2, 0.25) is 0 Å². The largest absolute Gasteiger partial charge is 0.353 e. The molecule has 5 heteroatoms. The first-order valence-electron chi connectivity index (χ1n) is 13.4. The van der Waals surface area contributed by atoms with Gasteiger partial charge < -0.3 is 14.8 Å². The van der Waals surface area contributed by atoms with Crippen LogP contribution in [0.1, 0.15) is 90.9 Å². The topological polar surface area (TPSA) is 30.5 Å². The highest BCUT2D eigenvalue weighted by atomic mass is 19.3. The van der Waals surface area contributed by atoms with Crippen molar-refractivity contribution in [2.75, 3.05) is 6.61 Å². The molecule has 5 aliphatic carbocycles. The smallest absolute Gasteiger partial charge is 0.295 e. The molecule has 180 valence electrons. The average Bonchev–Trinajstić information content (AvgIpc) is 3.52. The zero-order chi connectivity index (χ0) is 22.1. The first kappa shape index (κ1) is 22.0. The van der Waals surface area contributed by atoms with Crippen molar-refractivity contribution in [2.24, 2.45) is 28.6 Å². The molecule has 1 unspecified atom stereocenters. The quantitative estimate of drug-likeness (QED) is 0.516. The predicted molar refractivity (Wildman–Crippen MR) is 120 cm³/mol. The number of hydrogen-bond donors (Lipinski definition) is 1. The van der Waals surface area contributed by atoms with Gasteiger partial charge in [-0.1, -0.05) is 19.9 Å². The van der Waals surface area contributed by atoms with Crippen molar-refractivity contribution in [1.29, 1.82) is 0 Å². The maximum atomic E-state index is 15.9. The Balaban J connectivity index is 1.23. The minimum Gasteiger partial charge on any atom is -0.353 e. The predicted octanol–water partition coefficient (Wildman–Crippen LogP) is 6.23. The highest BCUT2D eigenvalue weighted by molar-refractivity contribution is 5.32. The van der Waals surface area contributed by atoms with Gasteiger partial charge in [-0.05, 0) is 106 Å². The fourth-order valence-electron chi connectivity index (χ4n) is 8.68. The van der Waals surface area contributed by atoms with Gasteiger partial charge >= 0.3 is 0 Å². The second-order valence-electron chi connectivity index (χ2n) is 12.3. The fourth-order valence-corrected chi connectivity index (χ4v) is 8.68. The summed E-state index contributed by atoms with van der Waals surface area (Å²) in [5.74, 6) is -1.27. The number of nitrogens with one attached hydrogen (secondary N) is 1. The molecule has 0 aromatic heterocycles. The van der Waals surface area contributed by atoms with Gasteiger partial charge in [-0.2, -0.15) is 8.78 Å². The van der Waals surface area contributed by atoms with Gasteiger partial charge in [0, 0.05) is 24.3 Å². The Labute approximate surface area is 192 Å². The molecule has 32 heavy (non-hydrogen) atoms. The third kappa shape index (κ3) is 3.35. The second-order valence-corrected chi connectivity index (χ2v) is 12.3. The van der Waals surface area contributed by atoms with Crippen LogP contribution in [0.15, 0.2) is 11.6 Å². The Morgan fingerprint density at radius 3 is 2.56 bits per heavy atom. The minimum atomic E-state index is -2.88. The third-order valence-electron chi connectivity index (χ3n) is 10.6. The number of fused-ring (bicyclic) bond motifs is 5. The van der Waals surface area contributed by atoms with Crippen molar-refractivity contribution in [3.63, 3.8) is 0 Å². The lowest BCUT2D eigenvalue weighted by molar-refractivity contribution is -0.246. The number of ether oxygens (including phenoxy) is 2. The van der Waals surface area contributed by atoms with Gasteiger partial charge in [-0.3, -0.25) is 0 Å². The molecule has 5 fully saturated rings. The molecule has 1 aliphatic heterocycles. The van der Waals surface area contributed by atoms with E-state index in [9.17, 15) is 0 Å². The molecule has 1 heterocycles. The third-order valence-corrected chi connectivity index (χ3v) is 10.6. The molecule has 0 aromatic carbocycles. The molecule has 0 amide bonds. The van der Waals surface area contributed by atoms with Crippen molar-refractivity contribution in [3.8, 4) is 0 Å². The number of halogens is 2.